The molecule has 0 heterocycles. The maximum Gasteiger partial charge on any atom is 0.0615 e. The fourth-order valence-electron chi connectivity index (χ4n) is 3.50. The van der Waals surface area contributed by atoms with Gasteiger partial charge in [-0.2, -0.15) is 0 Å². The van der Waals surface area contributed by atoms with Crippen molar-refractivity contribution in [3.8, 4) is 0 Å². The van der Waals surface area contributed by atoms with Crippen LogP contribution >= 0.6 is 0 Å². The van der Waals surface area contributed by atoms with Crippen molar-refractivity contribution >= 4 is 0 Å². The summed E-state index contributed by atoms with van der Waals surface area (Å²) in [5.74, 6) is 0.668. The Morgan fingerprint density at radius 2 is 1.95 bits per heavy atom. The van der Waals surface area contributed by atoms with E-state index in [0.29, 0.717) is 18.0 Å². The van der Waals surface area contributed by atoms with Crippen LogP contribution in [0.25, 0.3) is 0 Å². The molecule has 1 N–H and O–H groups in total. The van der Waals surface area contributed by atoms with Gasteiger partial charge in [-0.05, 0) is 30.7 Å². The van der Waals surface area contributed by atoms with Crippen LogP contribution in [-0.4, -0.2) is 25.8 Å². The largest absolute Gasteiger partial charge is 0.383 e. The van der Waals surface area contributed by atoms with Crippen LogP contribution in [0, 0.1) is 0 Å². The third-order valence-electron chi connectivity index (χ3n) is 4.45. The van der Waals surface area contributed by atoms with Gasteiger partial charge in [-0.15, -0.1) is 0 Å². The standard InChI is InChI=1S/C18H29NO/c1-3-9-16(14-20-2)19-18-13-8-7-12-17(18)15-10-5-4-6-11-15/h4-6,10-11,16-19H,3,7-9,12-14H2,1-2H3. The van der Waals surface area contributed by atoms with E-state index in [1.165, 1.54) is 44.1 Å². The van der Waals surface area contributed by atoms with E-state index in [4.69, 9.17) is 4.74 Å². The molecule has 1 aromatic carbocycles. The first-order valence-electron chi connectivity index (χ1n) is 8.15. The summed E-state index contributed by atoms with van der Waals surface area (Å²) in [5.41, 5.74) is 1.50. The Hall–Kier alpha value is -0.860. The van der Waals surface area contributed by atoms with Crippen LogP contribution in [0.1, 0.15) is 56.9 Å². The minimum Gasteiger partial charge on any atom is -0.383 e. The average molecular weight is 275 g/mol. The highest BCUT2D eigenvalue weighted by molar-refractivity contribution is 5.22. The predicted octanol–water partition coefficient (Wildman–Crippen LogP) is 4.12. The number of methoxy groups -OCH3 is 1. The van der Waals surface area contributed by atoms with E-state index in [2.05, 4.69) is 42.6 Å². The zero-order valence-corrected chi connectivity index (χ0v) is 13.0. The second-order valence-corrected chi connectivity index (χ2v) is 6.02. The van der Waals surface area contributed by atoms with Gasteiger partial charge in [-0.25, -0.2) is 0 Å². The van der Waals surface area contributed by atoms with Gasteiger partial charge in [0, 0.05) is 19.2 Å². The minimum atomic E-state index is 0.499. The lowest BCUT2D eigenvalue weighted by Gasteiger charge is -2.35. The lowest BCUT2D eigenvalue weighted by molar-refractivity contribution is 0.147. The van der Waals surface area contributed by atoms with Crippen LogP contribution in [-0.2, 0) is 4.74 Å². The van der Waals surface area contributed by atoms with Gasteiger partial charge >= 0.3 is 0 Å². The van der Waals surface area contributed by atoms with Crippen molar-refractivity contribution < 1.29 is 4.74 Å². The topological polar surface area (TPSA) is 21.3 Å². The monoisotopic (exact) mass is 275 g/mol. The van der Waals surface area contributed by atoms with Crippen LogP contribution in [0.4, 0.5) is 0 Å². The molecule has 1 fully saturated rings. The fraction of sp³-hybridized carbons (Fsp3) is 0.667. The van der Waals surface area contributed by atoms with Crippen molar-refractivity contribution in [3.05, 3.63) is 35.9 Å². The van der Waals surface area contributed by atoms with Crippen LogP contribution in [0.5, 0.6) is 0 Å². The van der Waals surface area contributed by atoms with Gasteiger partial charge in [0.25, 0.3) is 0 Å². The number of nitrogens with one attached hydrogen (secondary N) is 1. The average Bonchev–Trinajstić information content (AvgIpc) is 2.49. The number of benzene rings is 1. The molecule has 0 spiro atoms. The molecule has 2 rings (SSSR count). The molecular formula is C18H29NO. The van der Waals surface area contributed by atoms with Gasteiger partial charge in [0.1, 0.15) is 0 Å². The van der Waals surface area contributed by atoms with Crippen LogP contribution < -0.4 is 5.32 Å². The van der Waals surface area contributed by atoms with Gasteiger partial charge in [0.05, 0.1) is 6.61 Å². The zero-order chi connectivity index (χ0) is 14.2. The summed E-state index contributed by atoms with van der Waals surface area (Å²) in [6.07, 6.45) is 7.74. The second-order valence-electron chi connectivity index (χ2n) is 6.02. The predicted molar refractivity (Wildman–Crippen MR) is 85.1 cm³/mol. The van der Waals surface area contributed by atoms with Crippen molar-refractivity contribution in [1.29, 1.82) is 0 Å². The molecule has 3 atom stereocenters. The molecule has 0 aliphatic heterocycles. The Labute approximate surface area is 123 Å². The molecule has 1 saturated carbocycles. The summed E-state index contributed by atoms with van der Waals surface area (Å²) in [5, 5.41) is 3.88. The fourth-order valence-corrected chi connectivity index (χ4v) is 3.50. The molecule has 0 radical (unpaired) electrons. The Morgan fingerprint density at radius 3 is 2.65 bits per heavy atom. The Morgan fingerprint density at radius 1 is 1.20 bits per heavy atom. The van der Waals surface area contributed by atoms with E-state index in [1.54, 1.807) is 7.11 Å². The van der Waals surface area contributed by atoms with E-state index < -0.39 is 0 Å². The van der Waals surface area contributed by atoms with Crippen molar-refractivity contribution in [2.24, 2.45) is 0 Å². The van der Waals surface area contributed by atoms with Gasteiger partial charge in [0.2, 0.25) is 0 Å². The van der Waals surface area contributed by atoms with Gasteiger partial charge in [-0.1, -0.05) is 56.5 Å². The third-order valence-corrected chi connectivity index (χ3v) is 4.45. The third kappa shape index (κ3) is 4.32. The number of rotatable bonds is 7. The molecule has 1 aliphatic rings. The molecule has 20 heavy (non-hydrogen) atoms. The summed E-state index contributed by atoms with van der Waals surface area (Å²) in [6, 6.07) is 12.1. The molecule has 0 amide bonds. The summed E-state index contributed by atoms with van der Waals surface area (Å²) < 4.78 is 5.38. The van der Waals surface area contributed by atoms with E-state index in [-0.39, 0.29) is 0 Å². The molecule has 112 valence electrons. The SMILES string of the molecule is CCCC(COC)NC1CCCCC1c1ccccc1. The van der Waals surface area contributed by atoms with Crippen LogP contribution in [0.15, 0.2) is 30.3 Å². The quantitative estimate of drug-likeness (QED) is 0.808. The molecule has 2 heteroatoms. The maximum atomic E-state index is 5.38. The molecule has 1 aromatic rings. The van der Waals surface area contributed by atoms with E-state index in [1.807, 2.05) is 0 Å². The van der Waals surface area contributed by atoms with Crippen molar-refractivity contribution in [3.63, 3.8) is 0 Å². The molecule has 2 nitrogen and oxygen atoms in total. The summed E-state index contributed by atoms with van der Waals surface area (Å²) in [4.78, 5) is 0. The van der Waals surface area contributed by atoms with E-state index in [9.17, 15) is 0 Å². The molecule has 3 unspecified atom stereocenters. The van der Waals surface area contributed by atoms with Crippen molar-refractivity contribution in [2.75, 3.05) is 13.7 Å². The number of hydrogen-bond acceptors (Lipinski definition) is 2. The highest BCUT2D eigenvalue weighted by Crippen LogP contribution is 2.33. The zero-order valence-electron chi connectivity index (χ0n) is 13.0. The summed E-state index contributed by atoms with van der Waals surface area (Å²) in [7, 11) is 1.81. The molecular weight excluding hydrogens is 246 g/mol. The van der Waals surface area contributed by atoms with Gasteiger partial charge in [0.15, 0.2) is 0 Å². The second kappa shape index (κ2) is 8.43. The van der Waals surface area contributed by atoms with Crippen molar-refractivity contribution in [2.45, 2.75) is 63.5 Å². The molecule has 0 aromatic heterocycles. The van der Waals surface area contributed by atoms with E-state index in [0.717, 1.165) is 6.61 Å². The Bertz CT molecular complexity index is 359. The smallest absolute Gasteiger partial charge is 0.0615 e. The van der Waals surface area contributed by atoms with Crippen LogP contribution in [0.2, 0.25) is 0 Å². The lowest BCUT2D eigenvalue weighted by Crippen LogP contribution is -2.45. The molecule has 1 aliphatic carbocycles. The van der Waals surface area contributed by atoms with Gasteiger partial charge in [-0.3, -0.25) is 0 Å². The first kappa shape index (κ1) is 15.5. The van der Waals surface area contributed by atoms with E-state index >= 15 is 0 Å². The number of hydrogen-bond donors (Lipinski definition) is 1. The first-order chi connectivity index (χ1) is 9.85. The van der Waals surface area contributed by atoms with Crippen molar-refractivity contribution in [1.82, 2.24) is 5.32 Å². The molecule has 0 saturated heterocycles. The Balaban J connectivity index is 2.02. The normalized spacial score (nSPS) is 24.5. The maximum absolute atomic E-state index is 5.38. The summed E-state index contributed by atoms with van der Waals surface area (Å²) in [6.45, 7) is 3.08. The van der Waals surface area contributed by atoms with Crippen LogP contribution in [0.3, 0.4) is 0 Å². The molecule has 0 bridgehead atoms. The number of ether oxygens (including phenoxy) is 1. The highest BCUT2D eigenvalue weighted by atomic mass is 16.5. The first-order valence-corrected chi connectivity index (χ1v) is 8.15. The Kier molecular flexibility index (Phi) is 6.55. The minimum absolute atomic E-state index is 0.499. The highest BCUT2D eigenvalue weighted by Gasteiger charge is 2.27. The summed E-state index contributed by atoms with van der Waals surface area (Å²) >= 11 is 0. The lowest BCUT2D eigenvalue weighted by atomic mass is 9.79. The van der Waals surface area contributed by atoms with Gasteiger partial charge < -0.3 is 10.1 Å².